The molecule has 0 bridgehead atoms. The minimum Gasteiger partial charge on any atom is -0.341 e. The van der Waals surface area contributed by atoms with E-state index in [1.807, 2.05) is 11.8 Å². The first-order chi connectivity index (χ1) is 9.58. The van der Waals surface area contributed by atoms with Gasteiger partial charge in [-0.25, -0.2) is 0 Å². The van der Waals surface area contributed by atoms with Crippen LogP contribution in [0.1, 0.15) is 26.2 Å². The summed E-state index contributed by atoms with van der Waals surface area (Å²) in [5.74, 6) is 0.275. The van der Waals surface area contributed by atoms with Gasteiger partial charge in [0.2, 0.25) is 5.91 Å². The molecular weight excluding hydrogens is 252 g/mol. The molecule has 2 unspecified atom stereocenters. The van der Waals surface area contributed by atoms with Gasteiger partial charge in [0.1, 0.15) is 0 Å². The number of carbonyl (C=O) groups is 1. The van der Waals surface area contributed by atoms with Gasteiger partial charge in [-0.15, -0.1) is 0 Å². The quantitative estimate of drug-likeness (QED) is 0.801. The van der Waals surface area contributed by atoms with E-state index in [1.165, 1.54) is 6.42 Å². The Balaban J connectivity index is 1.75. The molecule has 116 valence electrons. The number of nitrogens with zero attached hydrogens (tertiary/aromatic N) is 3. The van der Waals surface area contributed by atoms with Crippen LogP contribution < -0.4 is 5.32 Å². The Bertz CT molecular complexity index is 317. The van der Waals surface area contributed by atoms with Gasteiger partial charge in [0.05, 0.1) is 6.04 Å². The van der Waals surface area contributed by atoms with Crippen LogP contribution in [0.4, 0.5) is 0 Å². The highest BCUT2D eigenvalue weighted by Gasteiger charge is 2.25. The minimum absolute atomic E-state index is 0.0614. The van der Waals surface area contributed by atoms with Gasteiger partial charge in [0, 0.05) is 45.3 Å². The molecule has 5 nitrogen and oxygen atoms in total. The van der Waals surface area contributed by atoms with Crippen molar-refractivity contribution in [2.75, 3.05) is 53.4 Å². The number of likely N-dealkylation sites (tertiary alicyclic amines) is 1. The maximum Gasteiger partial charge on any atom is 0.239 e. The molecule has 1 amide bonds. The SMILES string of the molecule is CC(NCC1CN(C)CCN1C)C(=O)N1CCCCC1. The fourth-order valence-electron chi connectivity index (χ4n) is 3.11. The Morgan fingerprint density at radius 3 is 2.55 bits per heavy atom. The monoisotopic (exact) mass is 282 g/mol. The van der Waals surface area contributed by atoms with Crippen molar-refractivity contribution in [3.63, 3.8) is 0 Å². The number of rotatable bonds is 4. The highest BCUT2D eigenvalue weighted by molar-refractivity contribution is 5.81. The van der Waals surface area contributed by atoms with Gasteiger partial charge < -0.3 is 15.1 Å². The van der Waals surface area contributed by atoms with Crippen LogP contribution >= 0.6 is 0 Å². The number of carbonyl (C=O) groups excluding carboxylic acids is 1. The summed E-state index contributed by atoms with van der Waals surface area (Å²) in [6.45, 7) is 8.10. The number of hydrogen-bond donors (Lipinski definition) is 1. The molecule has 2 heterocycles. The van der Waals surface area contributed by atoms with Crippen LogP contribution in [-0.2, 0) is 4.79 Å². The van der Waals surface area contributed by atoms with E-state index in [0.29, 0.717) is 6.04 Å². The van der Waals surface area contributed by atoms with Gasteiger partial charge in [0.25, 0.3) is 0 Å². The van der Waals surface area contributed by atoms with Gasteiger partial charge in [-0.3, -0.25) is 9.69 Å². The summed E-state index contributed by atoms with van der Waals surface area (Å²) in [6.07, 6.45) is 3.59. The second-order valence-corrected chi connectivity index (χ2v) is 6.41. The third-order valence-corrected chi connectivity index (χ3v) is 4.68. The Hall–Kier alpha value is -0.650. The van der Waals surface area contributed by atoms with Gasteiger partial charge >= 0.3 is 0 Å². The van der Waals surface area contributed by atoms with Crippen LogP contribution in [0.25, 0.3) is 0 Å². The molecule has 0 radical (unpaired) electrons. The second-order valence-electron chi connectivity index (χ2n) is 6.41. The molecule has 0 spiro atoms. The summed E-state index contributed by atoms with van der Waals surface area (Å²) in [6, 6.07) is 0.444. The van der Waals surface area contributed by atoms with Gasteiger partial charge in [-0.2, -0.15) is 0 Å². The Kier molecular flexibility index (Phi) is 5.81. The summed E-state index contributed by atoms with van der Waals surface area (Å²) < 4.78 is 0. The smallest absolute Gasteiger partial charge is 0.239 e. The maximum absolute atomic E-state index is 12.4. The molecule has 2 fully saturated rings. The topological polar surface area (TPSA) is 38.8 Å². The Morgan fingerprint density at radius 2 is 1.85 bits per heavy atom. The van der Waals surface area contributed by atoms with Crippen molar-refractivity contribution in [3.8, 4) is 0 Å². The zero-order valence-corrected chi connectivity index (χ0v) is 13.3. The summed E-state index contributed by atoms with van der Waals surface area (Å²) in [7, 11) is 4.35. The lowest BCUT2D eigenvalue weighted by molar-refractivity contribution is -0.134. The zero-order valence-electron chi connectivity index (χ0n) is 13.3. The molecule has 5 heteroatoms. The van der Waals surface area contributed by atoms with Gasteiger partial charge in [-0.05, 0) is 40.3 Å². The fraction of sp³-hybridized carbons (Fsp3) is 0.933. The molecule has 0 aromatic rings. The fourth-order valence-corrected chi connectivity index (χ4v) is 3.11. The predicted molar refractivity (Wildman–Crippen MR) is 81.8 cm³/mol. The predicted octanol–water partition coefficient (Wildman–Crippen LogP) is 0.223. The zero-order chi connectivity index (χ0) is 14.5. The van der Waals surface area contributed by atoms with Crippen molar-refractivity contribution in [3.05, 3.63) is 0 Å². The van der Waals surface area contributed by atoms with Crippen molar-refractivity contribution in [2.45, 2.75) is 38.3 Å². The lowest BCUT2D eigenvalue weighted by Gasteiger charge is -2.38. The Morgan fingerprint density at radius 1 is 1.15 bits per heavy atom. The lowest BCUT2D eigenvalue weighted by Crippen LogP contribution is -2.56. The highest BCUT2D eigenvalue weighted by atomic mass is 16.2. The van der Waals surface area contributed by atoms with Gasteiger partial charge in [0.15, 0.2) is 0 Å². The third-order valence-electron chi connectivity index (χ3n) is 4.68. The van der Waals surface area contributed by atoms with Crippen LogP contribution in [0.15, 0.2) is 0 Å². The third kappa shape index (κ3) is 4.17. The molecular formula is C15H30N4O. The lowest BCUT2D eigenvalue weighted by atomic mass is 10.1. The van der Waals surface area contributed by atoms with E-state index in [9.17, 15) is 4.79 Å². The van der Waals surface area contributed by atoms with Gasteiger partial charge in [-0.1, -0.05) is 0 Å². The minimum atomic E-state index is -0.0614. The standard InChI is InChI=1S/C15H30N4O/c1-13(15(20)19-7-5-4-6-8-19)16-11-14-12-17(2)9-10-18(14)3/h13-14,16H,4-12H2,1-3H3. The van der Waals surface area contributed by atoms with Crippen LogP contribution in [-0.4, -0.2) is 86.1 Å². The van der Waals surface area contributed by atoms with Crippen molar-refractivity contribution < 1.29 is 4.79 Å². The number of piperazine rings is 1. The van der Waals surface area contributed by atoms with E-state index in [0.717, 1.165) is 52.1 Å². The molecule has 20 heavy (non-hydrogen) atoms. The average molecular weight is 282 g/mol. The second kappa shape index (κ2) is 7.38. The number of piperidine rings is 1. The first kappa shape index (κ1) is 15.7. The molecule has 0 aliphatic carbocycles. The van der Waals surface area contributed by atoms with Crippen LogP contribution in [0.2, 0.25) is 0 Å². The summed E-state index contributed by atoms with van der Waals surface area (Å²) in [5, 5.41) is 3.44. The van der Waals surface area contributed by atoms with Crippen molar-refractivity contribution in [2.24, 2.45) is 0 Å². The highest BCUT2D eigenvalue weighted by Crippen LogP contribution is 2.10. The van der Waals surface area contributed by atoms with E-state index in [2.05, 4.69) is 29.2 Å². The van der Waals surface area contributed by atoms with E-state index in [4.69, 9.17) is 0 Å². The first-order valence-electron chi connectivity index (χ1n) is 7.99. The molecule has 0 aromatic heterocycles. The molecule has 1 N–H and O–H groups in total. The van der Waals surface area contributed by atoms with E-state index in [-0.39, 0.29) is 11.9 Å². The summed E-state index contributed by atoms with van der Waals surface area (Å²) in [4.78, 5) is 19.1. The van der Waals surface area contributed by atoms with E-state index >= 15 is 0 Å². The summed E-state index contributed by atoms with van der Waals surface area (Å²) in [5.41, 5.74) is 0. The van der Waals surface area contributed by atoms with Crippen LogP contribution in [0.5, 0.6) is 0 Å². The number of hydrogen-bond acceptors (Lipinski definition) is 4. The molecule has 2 rings (SSSR count). The maximum atomic E-state index is 12.4. The molecule has 0 saturated carbocycles. The van der Waals surface area contributed by atoms with Crippen LogP contribution in [0, 0.1) is 0 Å². The molecule has 2 atom stereocenters. The molecule has 2 aliphatic rings. The van der Waals surface area contributed by atoms with Crippen molar-refractivity contribution in [1.29, 1.82) is 0 Å². The van der Waals surface area contributed by atoms with Crippen molar-refractivity contribution in [1.82, 2.24) is 20.0 Å². The number of likely N-dealkylation sites (N-methyl/N-ethyl adjacent to an activating group) is 2. The normalized spacial score (nSPS) is 27.6. The first-order valence-corrected chi connectivity index (χ1v) is 7.99. The Labute approximate surface area is 123 Å². The number of nitrogens with one attached hydrogen (secondary N) is 1. The molecule has 2 aliphatic heterocycles. The summed E-state index contributed by atoms with van der Waals surface area (Å²) >= 11 is 0. The molecule has 2 saturated heterocycles. The van der Waals surface area contributed by atoms with E-state index < -0.39 is 0 Å². The largest absolute Gasteiger partial charge is 0.341 e. The van der Waals surface area contributed by atoms with Crippen molar-refractivity contribution >= 4 is 5.91 Å². The average Bonchev–Trinajstić information content (AvgIpc) is 2.48. The number of amides is 1. The molecule has 0 aromatic carbocycles. The van der Waals surface area contributed by atoms with E-state index in [1.54, 1.807) is 0 Å². The van der Waals surface area contributed by atoms with Crippen LogP contribution in [0.3, 0.4) is 0 Å².